The van der Waals surface area contributed by atoms with Crippen LogP contribution in [0.2, 0.25) is 0 Å². The molecule has 6 nitrogen and oxygen atoms in total. The van der Waals surface area contributed by atoms with Crippen molar-refractivity contribution in [2.24, 2.45) is 5.92 Å². The lowest BCUT2D eigenvalue weighted by atomic mass is 9.74. The summed E-state index contributed by atoms with van der Waals surface area (Å²) in [4.78, 5) is 27.2. The highest BCUT2D eigenvalue weighted by molar-refractivity contribution is 5.77. The predicted octanol–water partition coefficient (Wildman–Crippen LogP) is 0.975. The Labute approximate surface area is 120 Å². The third-order valence-corrected chi connectivity index (χ3v) is 4.70. The quantitative estimate of drug-likeness (QED) is 0.806. The van der Waals surface area contributed by atoms with E-state index >= 15 is 0 Å². The highest BCUT2D eigenvalue weighted by Gasteiger charge is 2.42. The zero-order valence-corrected chi connectivity index (χ0v) is 12.6. The Balaban J connectivity index is 1.94. The molecule has 20 heavy (non-hydrogen) atoms. The van der Waals surface area contributed by atoms with Crippen molar-refractivity contribution in [3.63, 3.8) is 0 Å². The third kappa shape index (κ3) is 3.06. The normalized spacial score (nSPS) is 28.3. The zero-order valence-electron chi connectivity index (χ0n) is 12.6. The molecule has 1 saturated heterocycles. The van der Waals surface area contributed by atoms with Gasteiger partial charge in [0.25, 0.3) is 0 Å². The molecule has 0 radical (unpaired) electrons. The van der Waals surface area contributed by atoms with Gasteiger partial charge in [-0.3, -0.25) is 4.79 Å². The molecule has 0 aromatic heterocycles. The number of likely N-dealkylation sites (N-methyl/N-ethyl adjacent to an activating group) is 1. The van der Waals surface area contributed by atoms with Gasteiger partial charge >= 0.3 is 12.0 Å². The van der Waals surface area contributed by atoms with Crippen LogP contribution in [-0.4, -0.2) is 65.7 Å². The molecule has 0 aromatic carbocycles. The van der Waals surface area contributed by atoms with Gasteiger partial charge in [-0.1, -0.05) is 6.92 Å². The Morgan fingerprint density at radius 3 is 2.40 bits per heavy atom. The van der Waals surface area contributed by atoms with Crippen molar-refractivity contribution >= 4 is 12.0 Å². The summed E-state index contributed by atoms with van der Waals surface area (Å²) in [6.07, 6.45) is 2.56. The van der Waals surface area contributed by atoms with Gasteiger partial charge in [-0.05, 0) is 39.3 Å². The third-order valence-electron chi connectivity index (χ3n) is 4.70. The Bertz CT molecular complexity index is 393. The average Bonchev–Trinajstić information content (AvgIpc) is 2.68. The molecule has 2 rings (SSSR count). The number of carbonyl (C=O) groups excluding carboxylic acids is 1. The molecule has 2 amide bonds. The van der Waals surface area contributed by atoms with E-state index in [-0.39, 0.29) is 12.5 Å². The molecule has 2 N–H and O–H groups in total. The number of nitrogens with zero attached hydrogens (tertiary/aromatic N) is 2. The number of likely N-dealkylation sites (tertiary alicyclic amines) is 1. The fourth-order valence-corrected chi connectivity index (χ4v) is 3.33. The summed E-state index contributed by atoms with van der Waals surface area (Å²) < 4.78 is 0. The summed E-state index contributed by atoms with van der Waals surface area (Å²) in [5, 5.41) is 11.9. The molecule has 2 aliphatic rings. The summed E-state index contributed by atoms with van der Waals surface area (Å²) in [5.74, 6) is -0.404. The molecule has 1 heterocycles. The number of rotatable bonds is 4. The summed E-state index contributed by atoms with van der Waals surface area (Å²) in [6, 6.07) is 0.264. The maximum Gasteiger partial charge on any atom is 0.317 e. The first kappa shape index (κ1) is 15.1. The maximum absolute atomic E-state index is 12.4. The van der Waals surface area contributed by atoms with E-state index < -0.39 is 11.5 Å². The first-order chi connectivity index (χ1) is 9.33. The van der Waals surface area contributed by atoms with Gasteiger partial charge in [0.15, 0.2) is 0 Å². The molecular formula is C14H25N3O3. The van der Waals surface area contributed by atoms with Crippen molar-refractivity contribution < 1.29 is 14.7 Å². The van der Waals surface area contributed by atoms with Crippen LogP contribution in [0.5, 0.6) is 0 Å². The van der Waals surface area contributed by atoms with Gasteiger partial charge in [0.2, 0.25) is 0 Å². The zero-order chi connectivity index (χ0) is 14.9. The lowest BCUT2D eigenvalue weighted by Gasteiger charge is -2.42. The van der Waals surface area contributed by atoms with Crippen LogP contribution in [0.3, 0.4) is 0 Å². The van der Waals surface area contributed by atoms with E-state index in [1.54, 1.807) is 0 Å². The van der Waals surface area contributed by atoms with E-state index in [0.717, 1.165) is 25.8 Å². The van der Waals surface area contributed by atoms with Crippen LogP contribution >= 0.6 is 0 Å². The van der Waals surface area contributed by atoms with E-state index in [1.807, 2.05) is 19.0 Å². The summed E-state index contributed by atoms with van der Waals surface area (Å²) >= 11 is 0. The molecule has 0 bridgehead atoms. The van der Waals surface area contributed by atoms with Crippen LogP contribution in [0, 0.1) is 5.92 Å². The number of amides is 2. The number of aliphatic carboxylic acids is 1. The van der Waals surface area contributed by atoms with Gasteiger partial charge in [0.1, 0.15) is 0 Å². The molecule has 0 aromatic rings. The van der Waals surface area contributed by atoms with Crippen LogP contribution in [0.15, 0.2) is 0 Å². The van der Waals surface area contributed by atoms with Gasteiger partial charge in [-0.15, -0.1) is 0 Å². The van der Waals surface area contributed by atoms with E-state index in [0.29, 0.717) is 18.5 Å². The fourth-order valence-electron chi connectivity index (χ4n) is 3.33. The number of hydrogen-bond donors (Lipinski definition) is 2. The second-order valence-electron chi connectivity index (χ2n) is 6.55. The van der Waals surface area contributed by atoms with Crippen LogP contribution in [0.4, 0.5) is 4.79 Å². The molecular weight excluding hydrogens is 258 g/mol. The van der Waals surface area contributed by atoms with Gasteiger partial charge in [-0.2, -0.15) is 0 Å². The van der Waals surface area contributed by atoms with Gasteiger partial charge in [0, 0.05) is 19.1 Å². The Kier molecular flexibility index (Phi) is 4.22. The maximum atomic E-state index is 12.4. The largest absolute Gasteiger partial charge is 0.481 e. The van der Waals surface area contributed by atoms with Crippen molar-refractivity contribution in [1.29, 1.82) is 0 Å². The molecule has 2 fully saturated rings. The monoisotopic (exact) mass is 283 g/mol. The van der Waals surface area contributed by atoms with Crippen molar-refractivity contribution in [1.82, 2.24) is 15.1 Å². The first-order valence-electron chi connectivity index (χ1n) is 7.28. The highest BCUT2D eigenvalue weighted by Crippen LogP contribution is 2.35. The van der Waals surface area contributed by atoms with Crippen LogP contribution < -0.4 is 5.32 Å². The molecule has 0 spiro atoms. The van der Waals surface area contributed by atoms with E-state index in [9.17, 15) is 9.59 Å². The molecule has 2 atom stereocenters. The van der Waals surface area contributed by atoms with Crippen molar-refractivity contribution in [3.8, 4) is 0 Å². The predicted molar refractivity (Wildman–Crippen MR) is 75.6 cm³/mol. The topological polar surface area (TPSA) is 72.9 Å². The number of carboxylic acids is 1. The van der Waals surface area contributed by atoms with Crippen molar-refractivity contribution in [2.75, 3.05) is 27.2 Å². The molecule has 1 aliphatic heterocycles. The second-order valence-corrected chi connectivity index (χ2v) is 6.55. The Morgan fingerprint density at radius 1 is 1.35 bits per heavy atom. The molecule has 2 unspecified atom stereocenters. The minimum absolute atomic E-state index is 0.0270. The number of hydrogen-bond acceptors (Lipinski definition) is 3. The second kappa shape index (κ2) is 5.60. The minimum atomic E-state index is -0.842. The first-order valence-corrected chi connectivity index (χ1v) is 7.28. The highest BCUT2D eigenvalue weighted by atomic mass is 16.4. The van der Waals surface area contributed by atoms with Crippen molar-refractivity contribution in [3.05, 3.63) is 0 Å². The number of carboxylic acid groups (broad SMARTS) is 1. The van der Waals surface area contributed by atoms with E-state index in [4.69, 9.17) is 5.11 Å². The minimum Gasteiger partial charge on any atom is -0.481 e. The lowest BCUT2D eigenvalue weighted by Crippen LogP contribution is -2.57. The number of urea groups is 1. The number of carbonyl (C=O) groups is 2. The SMILES string of the molecule is CC1CN(C(=O)NC2(CC(=O)O)CCC2)CC1N(C)C. The molecule has 114 valence electrons. The van der Waals surface area contributed by atoms with Gasteiger partial charge in [0.05, 0.1) is 12.0 Å². The average molecular weight is 283 g/mol. The standard InChI is InChI=1S/C14H25N3O3/c1-10-8-17(9-11(10)16(2)3)13(20)15-14(5-4-6-14)7-12(18)19/h10-11H,4-9H2,1-3H3,(H,15,20)(H,18,19). The van der Waals surface area contributed by atoms with Crippen LogP contribution in [0.25, 0.3) is 0 Å². The molecule has 1 aliphatic carbocycles. The molecule has 6 heteroatoms. The number of nitrogens with one attached hydrogen (secondary N) is 1. The van der Waals surface area contributed by atoms with Gasteiger partial charge < -0.3 is 20.2 Å². The van der Waals surface area contributed by atoms with Crippen LogP contribution in [-0.2, 0) is 4.79 Å². The summed E-state index contributed by atoms with van der Waals surface area (Å²) in [5.41, 5.74) is -0.512. The lowest BCUT2D eigenvalue weighted by molar-refractivity contribution is -0.139. The smallest absolute Gasteiger partial charge is 0.317 e. The Morgan fingerprint density at radius 2 is 2.00 bits per heavy atom. The Hall–Kier alpha value is -1.30. The van der Waals surface area contributed by atoms with Crippen molar-refractivity contribution in [2.45, 2.75) is 44.2 Å². The van der Waals surface area contributed by atoms with Crippen LogP contribution in [0.1, 0.15) is 32.6 Å². The summed E-state index contributed by atoms with van der Waals surface area (Å²) in [7, 11) is 4.06. The van der Waals surface area contributed by atoms with Gasteiger partial charge in [-0.25, -0.2) is 4.79 Å². The summed E-state index contributed by atoms with van der Waals surface area (Å²) in [6.45, 7) is 3.59. The van der Waals surface area contributed by atoms with E-state index in [1.165, 1.54) is 0 Å². The molecule has 1 saturated carbocycles. The fraction of sp³-hybridized carbons (Fsp3) is 0.857. The van der Waals surface area contributed by atoms with E-state index in [2.05, 4.69) is 17.1 Å².